The van der Waals surface area contributed by atoms with Crippen molar-refractivity contribution in [3.05, 3.63) is 53.5 Å². The summed E-state index contributed by atoms with van der Waals surface area (Å²) >= 11 is 0. The van der Waals surface area contributed by atoms with E-state index in [0.717, 1.165) is 16.5 Å². The highest BCUT2D eigenvalue weighted by Crippen LogP contribution is 2.29. The van der Waals surface area contributed by atoms with Crippen LogP contribution >= 0.6 is 0 Å². The number of oxazole rings is 1. The van der Waals surface area contributed by atoms with E-state index in [1.165, 1.54) is 6.26 Å². The van der Waals surface area contributed by atoms with Gasteiger partial charge in [0.05, 0.1) is 11.8 Å². The Bertz CT molecular complexity index is 1260. The topological polar surface area (TPSA) is 115 Å². The van der Waals surface area contributed by atoms with Gasteiger partial charge in [-0.15, -0.1) is 0 Å². The lowest BCUT2D eigenvalue weighted by Gasteiger charge is -2.34. The van der Waals surface area contributed by atoms with E-state index in [0.29, 0.717) is 43.5 Å². The Hall–Kier alpha value is -4.06. The number of carbonyl (C=O) groups is 1. The zero-order valence-electron chi connectivity index (χ0n) is 16.3. The number of rotatable bonds is 3. The minimum Gasteiger partial charge on any atom is -0.459 e. The van der Waals surface area contributed by atoms with E-state index in [-0.39, 0.29) is 17.5 Å². The summed E-state index contributed by atoms with van der Waals surface area (Å²) in [5, 5.41) is 17.4. The summed E-state index contributed by atoms with van der Waals surface area (Å²) < 4.78 is 11.1. The number of piperazine rings is 1. The van der Waals surface area contributed by atoms with E-state index in [1.807, 2.05) is 30.0 Å². The van der Waals surface area contributed by atoms with Gasteiger partial charge in [0.2, 0.25) is 11.6 Å². The van der Waals surface area contributed by atoms with Gasteiger partial charge in [0, 0.05) is 31.6 Å². The van der Waals surface area contributed by atoms with Crippen LogP contribution in [0.4, 0.5) is 5.88 Å². The summed E-state index contributed by atoms with van der Waals surface area (Å²) in [7, 11) is 0. The molecule has 30 heavy (non-hydrogen) atoms. The molecule has 150 valence electrons. The molecule has 9 nitrogen and oxygen atoms in total. The number of fused-ring (bicyclic) bond motifs is 1. The van der Waals surface area contributed by atoms with Crippen molar-refractivity contribution >= 4 is 22.7 Å². The van der Waals surface area contributed by atoms with Crippen molar-refractivity contribution in [1.29, 1.82) is 5.26 Å². The van der Waals surface area contributed by atoms with Crippen LogP contribution in [-0.4, -0.2) is 52.2 Å². The number of nitriles is 1. The Morgan fingerprint density at radius 3 is 2.80 bits per heavy atom. The second-order valence-electron chi connectivity index (χ2n) is 7.16. The number of carbonyl (C=O) groups excluding carboxylic acids is 1. The van der Waals surface area contributed by atoms with E-state index < -0.39 is 0 Å². The number of furan rings is 1. The zero-order valence-corrected chi connectivity index (χ0v) is 16.3. The molecule has 5 rings (SSSR count). The largest absolute Gasteiger partial charge is 0.459 e. The molecule has 1 aliphatic rings. The van der Waals surface area contributed by atoms with Crippen LogP contribution in [-0.2, 0) is 0 Å². The quantitative estimate of drug-likeness (QED) is 0.560. The van der Waals surface area contributed by atoms with Crippen molar-refractivity contribution in [2.45, 2.75) is 6.92 Å². The van der Waals surface area contributed by atoms with Gasteiger partial charge in [0.1, 0.15) is 6.07 Å². The molecule has 0 spiro atoms. The van der Waals surface area contributed by atoms with Crippen molar-refractivity contribution in [3.8, 4) is 17.7 Å². The summed E-state index contributed by atoms with van der Waals surface area (Å²) in [5.41, 5.74) is 2.55. The summed E-state index contributed by atoms with van der Waals surface area (Å²) in [6.07, 6.45) is 1.52. The van der Waals surface area contributed by atoms with Crippen LogP contribution in [0.15, 0.2) is 45.4 Å². The minimum atomic E-state index is -0.110. The van der Waals surface area contributed by atoms with Gasteiger partial charge in [0.15, 0.2) is 11.5 Å². The SMILES string of the molecule is Cc1ccc2[nH]nc(C(=O)N3CCN(c4oc(-c5ccco5)nc4C#N)CC3)c2c1. The maximum absolute atomic E-state index is 13.0. The fourth-order valence-electron chi connectivity index (χ4n) is 3.66. The number of aryl methyl sites for hydroxylation is 1. The summed E-state index contributed by atoms with van der Waals surface area (Å²) in [6.45, 7) is 4.01. The molecule has 1 aromatic carbocycles. The minimum absolute atomic E-state index is 0.110. The van der Waals surface area contributed by atoms with Crippen molar-refractivity contribution in [1.82, 2.24) is 20.1 Å². The van der Waals surface area contributed by atoms with Crippen molar-refractivity contribution in [2.24, 2.45) is 0 Å². The van der Waals surface area contributed by atoms with Crippen LogP contribution in [0.5, 0.6) is 0 Å². The first-order chi connectivity index (χ1) is 14.6. The molecule has 1 saturated heterocycles. The number of anilines is 1. The van der Waals surface area contributed by atoms with Crippen molar-refractivity contribution < 1.29 is 13.6 Å². The van der Waals surface area contributed by atoms with E-state index in [1.54, 1.807) is 17.0 Å². The molecule has 9 heteroatoms. The second kappa shape index (κ2) is 7.08. The fraction of sp³-hybridized carbons (Fsp3) is 0.238. The molecule has 4 aromatic rings. The molecule has 1 aliphatic heterocycles. The smallest absolute Gasteiger partial charge is 0.275 e. The van der Waals surface area contributed by atoms with Gasteiger partial charge >= 0.3 is 0 Å². The molecule has 0 aliphatic carbocycles. The van der Waals surface area contributed by atoms with Crippen molar-refractivity contribution in [3.63, 3.8) is 0 Å². The van der Waals surface area contributed by atoms with E-state index in [4.69, 9.17) is 8.83 Å². The average molecular weight is 402 g/mol. The fourth-order valence-corrected chi connectivity index (χ4v) is 3.66. The number of hydrogen-bond donors (Lipinski definition) is 1. The van der Waals surface area contributed by atoms with Crippen LogP contribution in [0.1, 0.15) is 21.7 Å². The molecule has 3 aromatic heterocycles. The third-order valence-electron chi connectivity index (χ3n) is 5.22. The van der Waals surface area contributed by atoms with Crippen LogP contribution in [0.2, 0.25) is 0 Å². The van der Waals surface area contributed by atoms with Gasteiger partial charge in [-0.3, -0.25) is 9.89 Å². The third kappa shape index (κ3) is 2.99. The van der Waals surface area contributed by atoms with Gasteiger partial charge < -0.3 is 18.6 Å². The number of H-pyrrole nitrogens is 1. The molecule has 1 N–H and O–H groups in total. The number of nitrogens with one attached hydrogen (secondary N) is 1. The Balaban J connectivity index is 1.33. The Labute approximate surface area is 171 Å². The predicted octanol–water partition coefficient (Wildman–Crippen LogP) is 2.95. The molecule has 1 fully saturated rings. The number of hydrogen-bond acceptors (Lipinski definition) is 7. The molecule has 4 heterocycles. The Morgan fingerprint density at radius 1 is 1.23 bits per heavy atom. The molecule has 0 bridgehead atoms. The van der Waals surface area contributed by atoms with Crippen LogP contribution in [0, 0.1) is 18.3 Å². The lowest BCUT2D eigenvalue weighted by atomic mass is 10.1. The molecule has 0 saturated carbocycles. The number of amides is 1. The van der Waals surface area contributed by atoms with E-state index in [2.05, 4.69) is 21.3 Å². The standard InChI is InChI=1S/C21H18N6O3/c1-13-4-5-15-14(11-13)18(25-24-15)20(28)26-6-8-27(9-7-26)21-16(12-22)23-19(30-21)17-3-2-10-29-17/h2-5,10-11H,6-9H2,1H3,(H,24,25). The first-order valence-electron chi connectivity index (χ1n) is 9.58. The molecule has 1 amide bonds. The predicted molar refractivity (Wildman–Crippen MR) is 108 cm³/mol. The highest BCUT2D eigenvalue weighted by molar-refractivity contribution is 6.04. The monoisotopic (exact) mass is 402 g/mol. The Morgan fingerprint density at radius 2 is 2.07 bits per heavy atom. The van der Waals surface area contributed by atoms with Gasteiger partial charge in [-0.05, 0) is 31.2 Å². The molecule has 0 unspecified atom stereocenters. The maximum Gasteiger partial charge on any atom is 0.275 e. The first kappa shape index (κ1) is 18.0. The summed E-state index contributed by atoms with van der Waals surface area (Å²) in [5.74, 6) is 1.02. The van der Waals surface area contributed by atoms with E-state index >= 15 is 0 Å². The Kier molecular flexibility index (Phi) is 4.25. The molecule has 0 radical (unpaired) electrons. The van der Waals surface area contributed by atoms with Crippen LogP contribution < -0.4 is 4.90 Å². The average Bonchev–Trinajstić information content (AvgIpc) is 3.51. The zero-order chi connectivity index (χ0) is 20.7. The normalized spacial score (nSPS) is 14.3. The number of nitrogens with zero attached hydrogens (tertiary/aromatic N) is 5. The lowest BCUT2D eigenvalue weighted by molar-refractivity contribution is 0.0741. The van der Waals surface area contributed by atoms with Gasteiger partial charge in [-0.25, -0.2) is 0 Å². The van der Waals surface area contributed by atoms with Gasteiger partial charge in [-0.1, -0.05) is 11.6 Å². The number of aromatic amines is 1. The molecular weight excluding hydrogens is 384 g/mol. The van der Waals surface area contributed by atoms with E-state index in [9.17, 15) is 10.1 Å². The maximum atomic E-state index is 13.0. The van der Waals surface area contributed by atoms with Gasteiger partial charge in [-0.2, -0.15) is 15.3 Å². The number of aromatic nitrogens is 3. The third-order valence-corrected chi connectivity index (χ3v) is 5.22. The summed E-state index contributed by atoms with van der Waals surface area (Å²) in [4.78, 5) is 21.0. The highest BCUT2D eigenvalue weighted by atomic mass is 16.4. The van der Waals surface area contributed by atoms with Gasteiger partial charge in [0.25, 0.3) is 11.8 Å². The molecule has 0 atom stereocenters. The molecular formula is C21H18N6O3. The van der Waals surface area contributed by atoms with Crippen LogP contribution in [0.25, 0.3) is 22.6 Å². The summed E-state index contributed by atoms with van der Waals surface area (Å²) in [6, 6.07) is 11.4. The second-order valence-corrected chi connectivity index (χ2v) is 7.16. The first-order valence-corrected chi connectivity index (χ1v) is 9.58. The number of benzene rings is 1. The van der Waals surface area contributed by atoms with Crippen molar-refractivity contribution in [2.75, 3.05) is 31.1 Å². The lowest BCUT2D eigenvalue weighted by Crippen LogP contribution is -2.49. The van der Waals surface area contributed by atoms with Crippen LogP contribution in [0.3, 0.4) is 0 Å². The highest BCUT2D eigenvalue weighted by Gasteiger charge is 2.29.